The zero-order valence-corrected chi connectivity index (χ0v) is 21.8. The Hall–Kier alpha value is -3.23. The Labute approximate surface area is 221 Å². The summed E-state index contributed by atoms with van der Waals surface area (Å²) in [4.78, 5) is 33.2. The van der Waals surface area contributed by atoms with Gasteiger partial charge in [0, 0.05) is 50.1 Å². The molecule has 0 spiro atoms. The lowest BCUT2D eigenvalue weighted by molar-refractivity contribution is -0.144. The van der Waals surface area contributed by atoms with Crippen LogP contribution in [0, 0.1) is 5.82 Å². The highest BCUT2D eigenvalue weighted by atomic mass is 32.1. The molecule has 0 bridgehead atoms. The van der Waals surface area contributed by atoms with Crippen molar-refractivity contribution >= 4 is 23.2 Å². The minimum absolute atomic E-state index is 0.0106. The van der Waals surface area contributed by atoms with Gasteiger partial charge in [-0.3, -0.25) is 14.5 Å². The SMILES string of the molecule is CC1CN(C(=O)CCN2CCc3sccc3C2c2cccc(F)c2)CCN1C(=O)COc1ccccc1. The zero-order valence-electron chi connectivity index (χ0n) is 21.0. The van der Waals surface area contributed by atoms with Gasteiger partial charge in [0.15, 0.2) is 6.61 Å². The molecule has 2 aliphatic rings. The number of ether oxygens (including phenoxy) is 1. The van der Waals surface area contributed by atoms with Gasteiger partial charge in [0.2, 0.25) is 5.91 Å². The standard InChI is InChI=1S/C29H32FN3O3S/c1-21-19-32(15-16-33(21)28(35)20-36-24-8-3-2-4-9-24)27(34)11-14-31-13-10-26-25(12-17-37-26)29(31)22-6-5-7-23(30)18-22/h2-9,12,17-18,21,29H,10-11,13-16,19-20H2,1H3. The van der Waals surface area contributed by atoms with Crippen LogP contribution in [0.25, 0.3) is 0 Å². The van der Waals surface area contributed by atoms with Crippen molar-refractivity contribution in [2.24, 2.45) is 0 Å². The number of carbonyl (C=O) groups is 2. The summed E-state index contributed by atoms with van der Waals surface area (Å²) < 4.78 is 19.7. The van der Waals surface area contributed by atoms with Crippen molar-refractivity contribution in [3.8, 4) is 5.75 Å². The first-order chi connectivity index (χ1) is 18.0. The normalized spacial score (nSPS) is 19.9. The summed E-state index contributed by atoms with van der Waals surface area (Å²) in [6.07, 6.45) is 1.33. The van der Waals surface area contributed by atoms with E-state index >= 15 is 0 Å². The molecule has 1 aromatic heterocycles. The molecule has 2 aromatic carbocycles. The maximum Gasteiger partial charge on any atom is 0.260 e. The lowest BCUT2D eigenvalue weighted by Crippen LogP contribution is -2.56. The number of amides is 2. The van der Waals surface area contributed by atoms with Crippen molar-refractivity contribution in [3.05, 3.63) is 87.9 Å². The minimum atomic E-state index is -0.244. The van der Waals surface area contributed by atoms with Gasteiger partial charge in [-0.05, 0) is 60.2 Å². The van der Waals surface area contributed by atoms with E-state index in [0.717, 1.165) is 18.5 Å². The molecule has 8 heteroatoms. The number of halogens is 1. The highest BCUT2D eigenvalue weighted by Gasteiger charge is 2.32. The fraction of sp³-hybridized carbons (Fsp3) is 0.379. The van der Waals surface area contributed by atoms with Crippen LogP contribution in [0.15, 0.2) is 66.0 Å². The van der Waals surface area contributed by atoms with Gasteiger partial charge >= 0.3 is 0 Å². The van der Waals surface area contributed by atoms with E-state index in [-0.39, 0.29) is 36.3 Å². The van der Waals surface area contributed by atoms with Gasteiger partial charge in [0.1, 0.15) is 11.6 Å². The molecule has 2 aliphatic heterocycles. The second kappa shape index (κ2) is 11.4. The van der Waals surface area contributed by atoms with Crippen molar-refractivity contribution < 1.29 is 18.7 Å². The molecule has 0 aliphatic carbocycles. The fourth-order valence-electron chi connectivity index (χ4n) is 5.37. The zero-order chi connectivity index (χ0) is 25.8. The van der Waals surface area contributed by atoms with Gasteiger partial charge in [0.05, 0.1) is 6.04 Å². The largest absolute Gasteiger partial charge is 0.484 e. The number of rotatable bonds is 7. The van der Waals surface area contributed by atoms with Gasteiger partial charge in [-0.1, -0.05) is 30.3 Å². The molecule has 37 heavy (non-hydrogen) atoms. The third kappa shape index (κ3) is 5.86. The predicted octanol–water partition coefficient (Wildman–Crippen LogP) is 4.36. The van der Waals surface area contributed by atoms with E-state index in [4.69, 9.17) is 4.74 Å². The third-order valence-corrected chi connectivity index (χ3v) is 8.25. The van der Waals surface area contributed by atoms with Crippen molar-refractivity contribution in [1.29, 1.82) is 0 Å². The third-order valence-electron chi connectivity index (χ3n) is 7.25. The fourth-order valence-corrected chi connectivity index (χ4v) is 6.28. The summed E-state index contributed by atoms with van der Waals surface area (Å²) in [5, 5.41) is 2.10. The molecule has 1 saturated heterocycles. The van der Waals surface area contributed by atoms with Gasteiger partial charge in [-0.25, -0.2) is 4.39 Å². The number of benzene rings is 2. The smallest absolute Gasteiger partial charge is 0.260 e. The molecule has 0 radical (unpaired) electrons. The average Bonchev–Trinajstić information content (AvgIpc) is 3.39. The van der Waals surface area contributed by atoms with Gasteiger partial charge in [-0.2, -0.15) is 0 Å². The first-order valence-corrected chi connectivity index (χ1v) is 13.7. The highest BCUT2D eigenvalue weighted by Crippen LogP contribution is 2.38. The Kier molecular flexibility index (Phi) is 7.86. The maximum absolute atomic E-state index is 14.1. The van der Waals surface area contributed by atoms with Crippen LogP contribution in [-0.4, -0.2) is 71.9 Å². The first-order valence-electron chi connectivity index (χ1n) is 12.8. The molecule has 5 rings (SSSR count). The van der Waals surface area contributed by atoms with E-state index in [9.17, 15) is 14.0 Å². The van der Waals surface area contributed by atoms with Crippen LogP contribution in [0.3, 0.4) is 0 Å². The van der Waals surface area contributed by atoms with Crippen molar-refractivity contribution in [3.63, 3.8) is 0 Å². The second-order valence-electron chi connectivity index (χ2n) is 9.67. The Morgan fingerprint density at radius 2 is 1.86 bits per heavy atom. The van der Waals surface area contributed by atoms with Crippen LogP contribution in [0.2, 0.25) is 0 Å². The lowest BCUT2D eigenvalue weighted by atomic mass is 9.93. The lowest BCUT2D eigenvalue weighted by Gasteiger charge is -2.40. The van der Waals surface area contributed by atoms with Crippen molar-refractivity contribution in [1.82, 2.24) is 14.7 Å². The molecule has 0 N–H and O–H groups in total. The Morgan fingerprint density at radius 1 is 1.03 bits per heavy atom. The van der Waals surface area contributed by atoms with Gasteiger partial charge in [-0.15, -0.1) is 11.3 Å². The molecule has 2 amide bonds. The van der Waals surface area contributed by atoms with Crippen LogP contribution >= 0.6 is 11.3 Å². The number of nitrogens with zero attached hydrogens (tertiary/aromatic N) is 3. The Bertz CT molecular complexity index is 1230. The molecular formula is C29H32FN3O3S. The molecule has 2 atom stereocenters. The molecule has 3 heterocycles. The van der Waals surface area contributed by atoms with Crippen LogP contribution in [0.1, 0.15) is 35.4 Å². The number of fused-ring (bicyclic) bond motifs is 1. The van der Waals surface area contributed by atoms with Crippen LogP contribution in [-0.2, 0) is 16.0 Å². The average molecular weight is 522 g/mol. The highest BCUT2D eigenvalue weighted by molar-refractivity contribution is 7.10. The van der Waals surface area contributed by atoms with Crippen LogP contribution < -0.4 is 4.74 Å². The monoisotopic (exact) mass is 521 g/mol. The van der Waals surface area contributed by atoms with Crippen molar-refractivity contribution in [2.45, 2.75) is 31.8 Å². The Morgan fingerprint density at radius 3 is 2.65 bits per heavy atom. The van der Waals surface area contributed by atoms with Gasteiger partial charge in [0.25, 0.3) is 5.91 Å². The Balaban J connectivity index is 1.16. The van der Waals surface area contributed by atoms with Gasteiger partial charge < -0.3 is 14.5 Å². The van der Waals surface area contributed by atoms with E-state index in [0.29, 0.717) is 38.3 Å². The molecule has 194 valence electrons. The first kappa shape index (κ1) is 25.4. The molecule has 1 fully saturated rings. The molecular weight excluding hydrogens is 489 g/mol. The number of thiophene rings is 1. The summed E-state index contributed by atoms with van der Waals surface area (Å²) in [5.41, 5.74) is 2.14. The van der Waals surface area contributed by atoms with Crippen LogP contribution in [0.4, 0.5) is 4.39 Å². The summed E-state index contributed by atoms with van der Waals surface area (Å²) in [7, 11) is 0. The molecule has 3 aromatic rings. The summed E-state index contributed by atoms with van der Waals surface area (Å²) in [5.74, 6) is 0.447. The summed E-state index contributed by atoms with van der Waals surface area (Å²) in [6, 6.07) is 18.1. The second-order valence-corrected chi connectivity index (χ2v) is 10.7. The number of carbonyl (C=O) groups excluding carboxylic acids is 2. The molecule has 0 saturated carbocycles. The number of hydrogen-bond donors (Lipinski definition) is 0. The number of piperazine rings is 1. The quantitative estimate of drug-likeness (QED) is 0.464. The number of hydrogen-bond acceptors (Lipinski definition) is 5. The summed E-state index contributed by atoms with van der Waals surface area (Å²) in [6.45, 7) is 4.93. The van der Waals surface area contributed by atoms with E-state index in [2.05, 4.69) is 16.3 Å². The maximum atomic E-state index is 14.1. The number of para-hydroxylation sites is 1. The summed E-state index contributed by atoms with van der Waals surface area (Å²) >= 11 is 1.75. The van der Waals surface area contributed by atoms with Crippen molar-refractivity contribution in [2.75, 3.05) is 39.3 Å². The predicted molar refractivity (Wildman–Crippen MR) is 142 cm³/mol. The van der Waals surface area contributed by atoms with E-state index in [1.54, 1.807) is 28.4 Å². The van der Waals surface area contributed by atoms with E-state index < -0.39 is 0 Å². The molecule has 2 unspecified atom stereocenters. The van der Waals surface area contributed by atoms with Crippen LogP contribution in [0.5, 0.6) is 5.75 Å². The minimum Gasteiger partial charge on any atom is -0.484 e. The molecule has 6 nitrogen and oxygen atoms in total. The topological polar surface area (TPSA) is 53.1 Å². The van der Waals surface area contributed by atoms with E-state index in [1.807, 2.05) is 48.2 Å². The van der Waals surface area contributed by atoms with E-state index in [1.165, 1.54) is 16.5 Å².